The van der Waals surface area contributed by atoms with Crippen LogP contribution < -0.4 is 5.32 Å². The van der Waals surface area contributed by atoms with Crippen LogP contribution >= 0.6 is 7.60 Å². The van der Waals surface area contributed by atoms with E-state index in [2.05, 4.69) is 5.32 Å². The molecule has 0 heterocycles. The molecule has 0 saturated carbocycles. The van der Waals surface area contributed by atoms with E-state index in [-0.39, 0.29) is 0 Å². The van der Waals surface area contributed by atoms with E-state index in [9.17, 15) is 4.57 Å². The smallest absolute Gasteiger partial charge is 0.311 e. The highest BCUT2D eigenvalue weighted by Gasteiger charge is 2.31. The van der Waals surface area contributed by atoms with Gasteiger partial charge in [0.25, 0.3) is 0 Å². The van der Waals surface area contributed by atoms with Crippen molar-refractivity contribution in [3.8, 4) is 0 Å². The average molecular weight is 357 g/mol. The first-order chi connectivity index (χ1) is 12.2. The first kappa shape index (κ1) is 19.4. The number of hydrogen-bond donors (Lipinski definition) is 1. The maximum Gasteiger partial charge on any atom is 0.350 e. The molecule has 0 bridgehead atoms. The Morgan fingerprint density at radius 1 is 0.960 bits per heavy atom. The molecule has 0 aliphatic carbocycles. The zero-order valence-corrected chi connectivity index (χ0v) is 15.4. The molecule has 0 aliphatic heterocycles. The van der Waals surface area contributed by atoms with Crippen LogP contribution in [-0.2, 0) is 20.2 Å². The van der Waals surface area contributed by atoms with Crippen molar-refractivity contribution in [1.29, 1.82) is 0 Å². The van der Waals surface area contributed by atoms with Gasteiger partial charge in [0.05, 0.1) is 0 Å². The third-order valence-corrected chi connectivity index (χ3v) is 5.75. The second kappa shape index (κ2) is 10.1. The summed E-state index contributed by atoms with van der Waals surface area (Å²) >= 11 is 0. The lowest BCUT2D eigenvalue weighted by Gasteiger charge is -2.22. The van der Waals surface area contributed by atoms with Gasteiger partial charge in [-0.1, -0.05) is 85.0 Å². The van der Waals surface area contributed by atoms with Crippen LogP contribution in [0.3, 0.4) is 0 Å². The summed E-state index contributed by atoms with van der Waals surface area (Å²) in [5.41, 5.74) is 2.20. The van der Waals surface area contributed by atoms with Crippen LogP contribution in [0.5, 0.6) is 0 Å². The Balaban J connectivity index is 2.07. The lowest BCUT2D eigenvalue weighted by atomic mass is 10.2. The van der Waals surface area contributed by atoms with Gasteiger partial charge in [-0.25, -0.2) is 0 Å². The monoisotopic (exact) mass is 357 g/mol. The van der Waals surface area contributed by atoms with Gasteiger partial charge >= 0.3 is 7.60 Å². The van der Waals surface area contributed by atoms with Gasteiger partial charge in [-0.2, -0.15) is 0 Å². The highest BCUT2D eigenvalue weighted by atomic mass is 31.2. The molecule has 0 aliphatic rings. The average Bonchev–Trinajstić information content (AvgIpc) is 2.68. The fraction of sp³-hybridized carbons (Fsp3) is 0.200. The van der Waals surface area contributed by atoms with Gasteiger partial charge < -0.3 is 9.05 Å². The van der Waals surface area contributed by atoms with Gasteiger partial charge in [0, 0.05) is 20.8 Å². The standard InChI is InChI=1S/C20H24NO3P/c1-23-25(22,24-2)20(21-17-19-14-7-4-8-15-19)16-10-9-13-18-11-5-3-6-12-18/h3-16,20-21H,17H2,1-2H3/b13-9+,16-10+. The largest absolute Gasteiger partial charge is 0.350 e. The molecule has 0 fully saturated rings. The first-order valence-electron chi connectivity index (χ1n) is 8.06. The maximum atomic E-state index is 12.8. The minimum absolute atomic E-state index is 0.539. The Labute approximate surface area is 149 Å². The molecule has 0 amide bonds. The quantitative estimate of drug-likeness (QED) is 0.514. The number of hydrogen-bond acceptors (Lipinski definition) is 4. The van der Waals surface area contributed by atoms with Gasteiger partial charge in [-0.15, -0.1) is 0 Å². The van der Waals surface area contributed by atoms with Crippen LogP contribution in [-0.4, -0.2) is 20.0 Å². The molecular formula is C20H24NO3P. The van der Waals surface area contributed by atoms with Crippen LogP contribution in [0.25, 0.3) is 6.08 Å². The Hall–Kier alpha value is -1.97. The molecule has 0 saturated heterocycles. The Morgan fingerprint density at radius 2 is 1.56 bits per heavy atom. The van der Waals surface area contributed by atoms with Crippen LogP contribution in [0.4, 0.5) is 0 Å². The van der Waals surface area contributed by atoms with Crippen molar-refractivity contribution in [1.82, 2.24) is 5.32 Å². The number of nitrogens with one attached hydrogen (secondary N) is 1. The minimum Gasteiger partial charge on any atom is -0.311 e. The lowest BCUT2D eigenvalue weighted by molar-refractivity contribution is 0.265. The second-order valence-electron chi connectivity index (χ2n) is 5.37. The Bertz CT molecular complexity index is 721. The van der Waals surface area contributed by atoms with Gasteiger partial charge in [-0.3, -0.25) is 9.88 Å². The van der Waals surface area contributed by atoms with Crippen molar-refractivity contribution < 1.29 is 13.6 Å². The molecule has 0 radical (unpaired) electrons. The molecule has 132 valence electrons. The summed E-state index contributed by atoms with van der Waals surface area (Å²) in [6.07, 6.45) is 7.54. The molecule has 1 unspecified atom stereocenters. The summed E-state index contributed by atoms with van der Waals surface area (Å²) in [6.45, 7) is 0.564. The van der Waals surface area contributed by atoms with Crippen LogP contribution in [0.2, 0.25) is 0 Å². The van der Waals surface area contributed by atoms with Gasteiger partial charge in [0.2, 0.25) is 0 Å². The van der Waals surface area contributed by atoms with E-state index in [4.69, 9.17) is 9.05 Å². The molecule has 2 aromatic rings. The second-order valence-corrected chi connectivity index (χ2v) is 7.74. The highest BCUT2D eigenvalue weighted by molar-refractivity contribution is 7.54. The minimum atomic E-state index is -3.27. The van der Waals surface area contributed by atoms with Crippen LogP contribution in [0, 0.1) is 0 Å². The summed E-state index contributed by atoms with van der Waals surface area (Å²) in [5, 5.41) is 3.24. The fourth-order valence-electron chi connectivity index (χ4n) is 2.31. The molecule has 4 nitrogen and oxygen atoms in total. The van der Waals surface area contributed by atoms with Crippen molar-refractivity contribution in [3.63, 3.8) is 0 Å². The number of benzene rings is 2. The first-order valence-corrected chi connectivity index (χ1v) is 9.67. The molecule has 1 atom stereocenters. The maximum absolute atomic E-state index is 12.8. The molecule has 25 heavy (non-hydrogen) atoms. The van der Waals surface area contributed by atoms with Gasteiger partial charge in [0.15, 0.2) is 0 Å². The van der Waals surface area contributed by atoms with Crippen molar-refractivity contribution in [3.05, 3.63) is 90.0 Å². The van der Waals surface area contributed by atoms with E-state index in [1.807, 2.05) is 78.9 Å². The Kier molecular flexibility index (Phi) is 7.83. The summed E-state index contributed by atoms with van der Waals surface area (Å²) in [6, 6.07) is 19.9. The molecule has 2 rings (SSSR count). The van der Waals surface area contributed by atoms with Gasteiger partial charge in [-0.05, 0) is 11.1 Å². The van der Waals surface area contributed by atoms with Crippen LogP contribution in [0.15, 0.2) is 78.9 Å². The summed E-state index contributed by atoms with van der Waals surface area (Å²) in [4.78, 5) is 0. The zero-order chi connectivity index (χ0) is 18.0. The molecular weight excluding hydrogens is 333 g/mol. The predicted molar refractivity (Wildman–Crippen MR) is 103 cm³/mol. The van der Waals surface area contributed by atoms with Crippen molar-refractivity contribution in [2.75, 3.05) is 14.2 Å². The fourth-order valence-corrected chi connectivity index (χ4v) is 3.53. The molecule has 2 aromatic carbocycles. The summed E-state index contributed by atoms with van der Waals surface area (Å²) in [7, 11) is -0.476. The number of allylic oxidation sites excluding steroid dienone is 2. The van der Waals surface area contributed by atoms with E-state index in [0.29, 0.717) is 6.54 Å². The SMILES string of the molecule is COP(=O)(OC)C(/C=C/C=C/c1ccccc1)NCc1ccccc1. The summed E-state index contributed by atoms with van der Waals surface area (Å²) < 4.78 is 23.1. The topological polar surface area (TPSA) is 47.6 Å². The van der Waals surface area contributed by atoms with Crippen molar-refractivity contribution in [2.45, 2.75) is 12.3 Å². The zero-order valence-electron chi connectivity index (χ0n) is 14.5. The van der Waals surface area contributed by atoms with Crippen LogP contribution in [0.1, 0.15) is 11.1 Å². The normalized spacial score (nSPS) is 13.5. The Morgan fingerprint density at radius 3 is 2.16 bits per heavy atom. The van der Waals surface area contributed by atoms with E-state index >= 15 is 0 Å². The molecule has 0 aromatic heterocycles. The van der Waals surface area contributed by atoms with Crippen molar-refractivity contribution in [2.24, 2.45) is 0 Å². The lowest BCUT2D eigenvalue weighted by Crippen LogP contribution is -2.27. The van der Waals surface area contributed by atoms with E-state index in [0.717, 1.165) is 11.1 Å². The van der Waals surface area contributed by atoms with Gasteiger partial charge in [0.1, 0.15) is 5.78 Å². The predicted octanol–water partition coefficient (Wildman–Crippen LogP) is 4.86. The third kappa shape index (κ3) is 6.11. The molecule has 1 N–H and O–H groups in total. The third-order valence-electron chi connectivity index (χ3n) is 3.70. The van der Waals surface area contributed by atoms with E-state index in [1.54, 1.807) is 6.08 Å². The van der Waals surface area contributed by atoms with E-state index < -0.39 is 13.4 Å². The van der Waals surface area contributed by atoms with E-state index in [1.165, 1.54) is 14.2 Å². The molecule has 0 spiro atoms. The van der Waals surface area contributed by atoms with Crippen molar-refractivity contribution >= 4 is 13.7 Å². The number of rotatable bonds is 9. The summed E-state index contributed by atoms with van der Waals surface area (Å²) in [5.74, 6) is -0.539. The highest BCUT2D eigenvalue weighted by Crippen LogP contribution is 2.51. The molecule has 5 heteroatoms.